The van der Waals surface area contributed by atoms with Crippen LogP contribution in [0.5, 0.6) is 5.75 Å². The van der Waals surface area contributed by atoms with Gasteiger partial charge in [0.05, 0.1) is 0 Å². The number of halogens is 2. The molecule has 0 aliphatic heterocycles. The highest BCUT2D eigenvalue weighted by molar-refractivity contribution is 6.30. The maximum atomic E-state index is 10.7. The van der Waals surface area contributed by atoms with Gasteiger partial charge >= 0.3 is 5.97 Å². The van der Waals surface area contributed by atoms with Gasteiger partial charge in [0.1, 0.15) is 5.75 Å². The average molecular weight is 219 g/mol. The third-order valence-corrected chi connectivity index (χ3v) is 1.45. The summed E-state index contributed by atoms with van der Waals surface area (Å²) in [6, 6.07) is 6.52. The fourth-order valence-corrected chi connectivity index (χ4v) is 0.786. The molecule has 0 atom stereocenters. The van der Waals surface area contributed by atoms with E-state index in [-0.39, 0.29) is 12.4 Å². The van der Waals surface area contributed by atoms with Crippen molar-refractivity contribution in [1.82, 2.24) is 0 Å². The van der Waals surface area contributed by atoms with Crippen molar-refractivity contribution in [2.75, 3.05) is 0 Å². The van der Waals surface area contributed by atoms with Crippen LogP contribution in [0, 0.1) is 0 Å². The van der Waals surface area contributed by atoms with Crippen molar-refractivity contribution in [3.05, 3.63) is 41.9 Å². The Morgan fingerprint density at radius 2 is 1.92 bits per heavy atom. The summed E-state index contributed by atoms with van der Waals surface area (Å²) < 4.78 is 4.80. The summed E-state index contributed by atoms with van der Waals surface area (Å²) in [6.07, 6.45) is 1.11. The third-order valence-electron chi connectivity index (χ3n) is 1.20. The van der Waals surface area contributed by atoms with Crippen molar-refractivity contribution in [3.63, 3.8) is 0 Å². The predicted octanol–water partition coefficient (Wildman–Crippen LogP) is 2.85. The molecule has 4 heteroatoms. The van der Waals surface area contributed by atoms with Crippen LogP contribution >= 0.6 is 24.0 Å². The van der Waals surface area contributed by atoms with Gasteiger partial charge in [0.15, 0.2) is 0 Å². The van der Waals surface area contributed by atoms with Crippen LogP contribution in [-0.4, -0.2) is 5.97 Å². The van der Waals surface area contributed by atoms with E-state index in [1.807, 2.05) is 0 Å². The normalized spacial score (nSPS) is 8.38. The number of esters is 1. The molecule has 0 aliphatic rings. The smallest absolute Gasteiger partial charge is 0.335 e. The third kappa shape index (κ3) is 3.97. The Morgan fingerprint density at radius 3 is 2.38 bits per heavy atom. The molecule has 0 unspecified atom stereocenters. The zero-order chi connectivity index (χ0) is 8.97. The van der Waals surface area contributed by atoms with Gasteiger partial charge in [-0.1, -0.05) is 18.2 Å². The van der Waals surface area contributed by atoms with Gasteiger partial charge in [-0.25, -0.2) is 4.79 Å². The first-order chi connectivity index (χ1) is 5.72. The fourth-order valence-electron chi connectivity index (χ4n) is 0.660. The van der Waals surface area contributed by atoms with Crippen LogP contribution in [0.2, 0.25) is 5.02 Å². The van der Waals surface area contributed by atoms with Crippen molar-refractivity contribution in [1.29, 1.82) is 0 Å². The zero-order valence-electron chi connectivity index (χ0n) is 6.70. The van der Waals surface area contributed by atoms with E-state index in [9.17, 15) is 4.79 Å². The molecule has 0 saturated heterocycles. The number of hydrogen-bond acceptors (Lipinski definition) is 2. The molecule has 1 aromatic carbocycles. The molecule has 0 amide bonds. The molecule has 0 radical (unpaired) electrons. The molecule has 1 aromatic rings. The molecule has 0 heterocycles. The SMILES string of the molecule is C=CC(=O)Oc1ccc(Cl)cc1.Cl. The highest BCUT2D eigenvalue weighted by Crippen LogP contribution is 2.15. The Hall–Kier alpha value is -0.990. The van der Waals surface area contributed by atoms with Crippen molar-refractivity contribution in [3.8, 4) is 5.75 Å². The highest BCUT2D eigenvalue weighted by atomic mass is 35.5. The number of carbonyl (C=O) groups excluding carboxylic acids is 1. The van der Waals surface area contributed by atoms with Gasteiger partial charge in [0, 0.05) is 11.1 Å². The first kappa shape index (κ1) is 12.0. The van der Waals surface area contributed by atoms with E-state index in [0.29, 0.717) is 10.8 Å². The van der Waals surface area contributed by atoms with E-state index in [4.69, 9.17) is 16.3 Å². The van der Waals surface area contributed by atoms with Crippen molar-refractivity contribution < 1.29 is 9.53 Å². The number of carbonyl (C=O) groups is 1. The summed E-state index contributed by atoms with van der Waals surface area (Å²) in [5, 5.41) is 0.605. The molecule has 2 nitrogen and oxygen atoms in total. The fraction of sp³-hybridized carbons (Fsp3) is 0. The average Bonchev–Trinajstić information content (AvgIpc) is 2.09. The van der Waals surface area contributed by atoms with Gasteiger partial charge in [-0.05, 0) is 24.3 Å². The Labute approximate surface area is 87.6 Å². The minimum atomic E-state index is -0.475. The number of benzene rings is 1. The summed E-state index contributed by atoms with van der Waals surface area (Å²) in [5.74, 6) is -0.0124. The molecule has 0 N–H and O–H groups in total. The van der Waals surface area contributed by atoms with Crippen LogP contribution in [0.3, 0.4) is 0 Å². The van der Waals surface area contributed by atoms with E-state index in [1.54, 1.807) is 24.3 Å². The van der Waals surface area contributed by atoms with E-state index >= 15 is 0 Å². The molecule has 0 spiro atoms. The largest absolute Gasteiger partial charge is 0.423 e. The lowest BCUT2D eigenvalue weighted by atomic mass is 10.3. The lowest BCUT2D eigenvalue weighted by Crippen LogP contribution is -2.02. The first-order valence-electron chi connectivity index (χ1n) is 3.32. The molecule has 0 fully saturated rings. The Balaban J connectivity index is 0.00000144. The Kier molecular flexibility index (Phi) is 5.19. The van der Waals surface area contributed by atoms with Crippen LogP contribution in [0.4, 0.5) is 0 Å². The number of rotatable bonds is 2. The summed E-state index contributed by atoms with van der Waals surface area (Å²) >= 11 is 5.62. The standard InChI is InChI=1S/C9H7ClO2.ClH/c1-2-9(11)12-8-5-3-7(10)4-6-8;/h2-6H,1H2;1H. The highest BCUT2D eigenvalue weighted by Gasteiger charge is 1.97. The van der Waals surface area contributed by atoms with Crippen LogP contribution in [0.15, 0.2) is 36.9 Å². The summed E-state index contributed by atoms with van der Waals surface area (Å²) in [5.41, 5.74) is 0. The summed E-state index contributed by atoms with van der Waals surface area (Å²) in [4.78, 5) is 10.7. The van der Waals surface area contributed by atoms with Gasteiger partial charge in [0.2, 0.25) is 0 Å². The van der Waals surface area contributed by atoms with Gasteiger partial charge in [-0.3, -0.25) is 0 Å². The lowest BCUT2D eigenvalue weighted by Gasteiger charge is -1.99. The van der Waals surface area contributed by atoms with Crippen molar-refractivity contribution >= 4 is 30.0 Å². The molecule has 0 saturated carbocycles. The Morgan fingerprint density at radius 1 is 1.38 bits per heavy atom. The van der Waals surface area contributed by atoms with E-state index in [0.717, 1.165) is 6.08 Å². The van der Waals surface area contributed by atoms with Gasteiger partial charge in [0.25, 0.3) is 0 Å². The monoisotopic (exact) mass is 218 g/mol. The predicted molar refractivity (Wildman–Crippen MR) is 54.5 cm³/mol. The van der Waals surface area contributed by atoms with E-state index < -0.39 is 5.97 Å². The lowest BCUT2D eigenvalue weighted by molar-refractivity contribution is -0.128. The molecule has 1 rings (SSSR count). The maximum Gasteiger partial charge on any atom is 0.335 e. The Bertz CT molecular complexity index is 293. The topological polar surface area (TPSA) is 26.3 Å². The van der Waals surface area contributed by atoms with Gasteiger partial charge in [-0.15, -0.1) is 12.4 Å². The van der Waals surface area contributed by atoms with Crippen LogP contribution in [-0.2, 0) is 4.79 Å². The van der Waals surface area contributed by atoms with E-state index in [2.05, 4.69) is 6.58 Å². The molecule has 0 bridgehead atoms. The first-order valence-corrected chi connectivity index (χ1v) is 3.70. The summed E-state index contributed by atoms with van der Waals surface area (Å²) in [7, 11) is 0. The second kappa shape index (κ2) is 5.62. The summed E-state index contributed by atoms with van der Waals surface area (Å²) in [6.45, 7) is 3.27. The zero-order valence-corrected chi connectivity index (χ0v) is 8.27. The maximum absolute atomic E-state index is 10.7. The molecule has 70 valence electrons. The minimum absolute atomic E-state index is 0. The molecule has 0 aliphatic carbocycles. The van der Waals surface area contributed by atoms with Crippen molar-refractivity contribution in [2.45, 2.75) is 0 Å². The van der Waals surface area contributed by atoms with Crippen LogP contribution in [0.25, 0.3) is 0 Å². The van der Waals surface area contributed by atoms with Crippen molar-refractivity contribution in [2.24, 2.45) is 0 Å². The second-order valence-corrected chi connectivity index (χ2v) is 2.52. The molecule has 0 aromatic heterocycles. The quantitative estimate of drug-likeness (QED) is 0.434. The van der Waals surface area contributed by atoms with Gasteiger partial charge in [-0.2, -0.15) is 0 Å². The van der Waals surface area contributed by atoms with Crippen LogP contribution < -0.4 is 4.74 Å². The van der Waals surface area contributed by atoms with Crippen LogP contribution in [0.1, 0.15) is 0 Å². The number of ether oxygens (including phenoxy) is 1. The van der Waals surface area contributed by atoms with E-state index in [1.165, 1.54) is 0 Å². The van der Waals surface area contributed by atoms with Gasteiger partial charge < -0.3 is 4.74 Å². The molecule has 13 heavy (non-hydrogen) atoms. The minimum Gasteiger partial charge on any atom is -0.423 e. The number of hydrogen-bond donors (Lipinski definition) is 0. The molecular weight excluding hydrogens is 211 g/mol. The molecular formula is C9H8Cl2O2. The second-order valence-electron chi connectivity index (χ2n) is 2.08.